The molecule has 2 rings (SSSR count). The van der Waals surface area contributed by atoms with E-state index in [2.05, 4.69) is 42.8 Å². The molecular formula is C17H31N5O2S2. The van der Waals surface area contributed by atoms with E-state index in [-0.39, 0.29) is 0 Å². The Labute approximate surface area is 161 Å². The summed E-state index contributed by atoms with van der Waals surface area (Å²) in [5.74, 6) is 0.675. The molecule has 7 nitrogen and oxygen atoms in total. The molecule has 148 valence electrons. The molecule has 2 heterocycles. The molecule has 0 aromatic carbocycles. The number of nitrogens with zero attached hydrogens (tertiary/aromatic N) is 2. The Hall–Kier alpha value is -1.16. The summed E-state index contributed by atoms with van der Waals surface area (Å²) < 4.78 is 25.6. The lowest BCUT2D eigenvalue weighted by molar-refractivity contribution is 0.249. The summed E-state index contributed by atoms with van der Waals surface area (Å²) >= 11 is 1.78. The third kappa shape index (κ3) is 6.86. The van der Waals surface area contributed by atoms with E-state index in [1.54, 1.807) is 18.4 Å². The van der Waals surface area contributed by atoms with E-state index in [0.717, 1.165) is 19.6 Å². The summed E-state index contributed by atoms with van der Waals surface area (Å²) in [7, 11) is -1.53. The van der Waals surface area contributed by atoms with Crippen molar-refractivity contribution in [3.63, 3.8) is 0 Å². The fraction of sp³-hybridized carbons (Fsp3) is 0.706. The summed E-state index contributed by atoms with van der Waals surface area (Å²) in [6.07, 6.45) is 3.67. The maximum absolute atomic E-state index is 11.5. The van der Waals surface area contributed by atoms with Crippen LogP contribution in [0.15, 0.2) is 22.5 Å². The maximum atomic E-state index is 11.5. The van der Waals surface area contributed by atoms with Crippen molar-refractivity contribution < 1.29 is 8.42 Å². The van der Waals surface area contributed by atoms with Crippen molar-refractivity contribution in [2.75, 3.05) is 39.5 Å². The molecule has 1 aliphatic heterocycles. The summed E-state index contributed by atoms with van der Waals surface area (Å²) in [4.78, 5) is 8.14. The first-order chi connectivity index (χ1) is 12.2. The summed E-state index contributed by atoms with van der Waals surface area (Å²) in [6.45, 7) is 7.14. The zero-order chi connectivity index (χ0) is 19.2. The van der Waals surface area contributed by atoms with E-state index in [4.69, 9.17) is 0 Å². The number of likely N-dealkylation sites (tertiary alicyclic amines) is 1. The minimum Gasteiger partial charge on any atom is -0.355 e. The lowest BCUT2D eigenvalue weighted by Gasteiger charge is -2.29. The molecule has 26 heavy (non-hydrogen) atoms. The molecule has 0 amide bonds. The molecular weight excluding hydrogens is 370 g/mol. The molecule has 1 unspecified atom stereocenters. The minimum atomic E-state index is -3.26. The highest BCUT2D eigenvalue weighted by atomic mass is 32.2. The first-order valence-electron chi connectivity index (χ1n) is 8.91. The highest BCUT2D eigenvalue weighted by molar-refractivity contribution is 7.88. The molecule has 0 radical (unpaired) electrons. The first-order valence-corrected chi connectivity index (χ1v) is 11.7. The van der Waals surface area contributed by atoms with Crippen LogP contribution >= 0.6 is 11.3 Å². The first kappa shape index (κ1) is 21.1. The highest BCUT2D eigenvalue weighted by Gasteiger charge is 2.25. The van der Waals surface area contributed by atoms with Gasteiger partial charge in [-0.2, -0.15) is 0 Å². The standard InChI is InChI=1S/C17H31N5O2S2/c1-17(2,21-26(4,23)24)13-20-16(18-3)19-12-14(15-8-7-11-25-15)22-9-5-6-10-22/h7-8,11,14,21H,5-6,9-10,12-13H2,1-4H3,(H2,18,19,20). The smallest absolute Gasteiger partial charge is 0.209 e. The van der Waals surface area contributed by atoms with E-state index in [1.807, 2.05) is 13.8 Å². The van der Waals surface area contributed by atoms with Crippen LogP contribution in [0.5, 0.6) is 0 Å². The van der Waals surface area contributed by atoms with Crippen LogP contribution in [0, 0.1) is 0 Å². The Morgan fingerprint density at radius 1 is 1.35 bits per heavy atom. The number of rotatable bonds is 8. The fourth-order valence-corrected chi connectivity index (χ4v) is 5.14. The number of nitrogens with one attached hydrogen (secondary N) is 3. The third-order valence-corrected chi connectivity index (χ3v) is 6.20. The van der Waals surface area contributed by atoms with Crippen LogP contribution in [-0.4, -0.2) is 64.3 Å². The van der Waals surface area contributed by atoms with Gasteiger partial charge in [-0.15, -0.1) is 11.3 Å². The molecule has 1 fully saturated rings. The lowest BCUT2D eigenvalue weighted by Crippen LogP contribution is -2.53. The van der Waals surface area contributed by atoms with Crippen LogP contribution in [0.2, 0.25) is 0 Å². The van der Waals surface area contributed by atoms with Gasteiger partial charge in [-0.05, 0) is 51.2 Å². The Morgan fingerprint density at radius 3 is 2.58 bits per heavy atom. The number of hydrogen-bond acceptors (Lipinski definition) is 5. The quantitative estimate of drug-likeness (QED) is 0.453. The van der Waals surface area contributed by atoms with Gasteiger partial charge in [-0.1, -0.05) is 6.07 Å². The van der Waals surface area contributed by atoms with Crippen molar-refractivity contribution in [2.24, 2.45) is 4.99 Å². The van der Waals surface area contributed by atoms with Crippen molar-refractivity contribution in [2.45, 2.75) is 38.3 Å². The largest absolute Gasteiger partial charge is 0.355 e. The normalized spacial score (nSPS) is 18.1. The Morgan fingerprint density at radius 2 is 2.04 bits per heavy atom. The van der Waals surface area contributed by atoms with Crippen LogP contribution < -0.4 is 15.4 Å². The molecule has 3 N–H and O–H groups in total. The van der Waals surface area contributed by atoms with Gasteiger partial charge in [0.25, 0.3) is 0 Å². The average molecular weight is 402 g/mol. The Bertz CT molecular complexity index is 680. The lowest BCUT2D eigenvalue weighted by atomic mass is 10.1. The van der Waals surface area contributed by atoms with E-state index in [9.17, 15) is 8.42 Å². The number of aliphatic imine (C=N–C) groups is 1. The summed E-state index contributed by atoms with van der Waals surface area (Å²) in [6, 6.07) is 4.61. The SMILES string of the molecule is CN=C(NCC(c1cccs1)N1CCCC1)NCC(C)(C)NS(C)(=O)=O. The van der Waals surface area contributed by atoms with Gasteiger partial charge in [0.05, 0.1) is 12.3 Å². The fourth-order valence-electron chi connectivity index (χ4n) is 3.20. The van der Waals surface area contributed by atoms with Crippen LogP contribution in [0.3, 0.4) is 0 Å². The molecule has 1 atom stereocenters. The van der Waals surface area contributed by atoms with Crippen molar-refractivity contribution >= 4 is 27.3 Å². The molecule has 1 aromatic heterocycles. The van der Waals surface area contributed by atoms with Gasteiger partial charge in [0, 0.05) is 30.6 Å². The topological polar surface area (TPSA) is 85.8 Å². The van der Waals surface area contributed by atoms with Crippen molar-refractivity contribution in [3.05, 3.63) is 22.4 Å². The zero-order valence-electron chi connectivity index (χ0n) is 16.1. The van der Waals surface area contributed by atoms with Crippen molar-refractivity contribution in [3.8, 4) is 0 Å². The Kier molecular flexibility index (Phi) is 7.45. The predicted octanol–water partition coefficient (Wildman–Crippen LogP) is 1.38. The van der Waals surface area contributed by atoms with Crippen molar-refractivity contribution in [1.82, 2.24) is 20.3 Å². The molecule has 1 aromatic rings. The van der Waals surface area contributed by atoms with Gasteiger partial charge < -0.3 is 10.6 Å². The maximum Gasteiger partial charge on any atom is 0.209 e. The van der Waals surface area contributed by atoms with Crippen LogP contribution in [0.1, 0.15) is 37.6 Å². The third-order valence-electron chi connectivity index (χ3n) is 4.30. The molecule has 1 aliphatic rings. The average Bonchev–Trinajstić information content (AvgIpc) is 3.22. The number of sulfonamides is 1. The highest BCUT2D eigenvalue weighted by Crippen LogP contribution is 2.27. The van der Waals surface area contributed by atoms with Crippen molar-refractivity contribution in [1.29, 1.82) is 0 Å². The van der Waals surface area contributed by atoms with Crippen LogP contribution in [0.25, 0.3) is 0 Å². The number of thiophene rings is 1. The van der Waals surface area contributed by atoms with Gasteiger partial charge in [0.2, 0.25) is 10.0 Å². The van der Waals surface area contributed by atoms with Gasteiger partial charge in [-0.25, -0.2) is 13.1 Å². The van der Waals surface area contributed by atoms with Gasteiger partial charge in [0.15, 0.2) is 5.96 Å². The molecule has 9 heteroatoms. The number of hydrogen-bond donors (Lipinski definition) is 3. The number of guanidine groups is 1. The molecule has 0 spiro atoms. The second kappa shape index (κ2) is 9.16. The molecule has 1 saturated heterocycles. The van der Waals surface area contributed by atoms with Gasteiger partial charge in [0.1, 0.15) is 0 Å². The van der Waals surface area contributed by atoms with E-state index in [0.29, 0.717) is 18.5 Å². The summed E-state index contributed by atoms with van der Waals surface area (Å²) in [5, 5.41) is 8.73. The van der Waals surface area contributed by atoms with E-state index in [1.165, 1.54) is 24.0 Å². The van der Waals surface area contributed by atoms with Gasteiger partial charge >= 0.3 is 0 Å². The van der Waals surface area contributed by atoms with E-state index < -0.39 is 15.6 Å². The predicted molar refractivity (Wildman–Crippen MR) is 109 cm³/mol. The Balaban J connectivity index is 1.92. The summed E-state index contributed by atoms with van der Waals surface area (Å²) in [5.41, 5.74) is -0.604. The second-order valence-corrected chi connectivity index (χ2v) is 10.1. The van der Waals surface area contributed by atoms with Crippen LogP contribution in [-0.2, 0) is 10.0 Å². The molecule has 0 saturated carbocycles. The molecule has 0 bridgehead atoms. The zero-order valence-corrected chi connectivity index (χ0v) is 17.7. The van der Waals surface area contributed by atoms with Crippen LogP contribution in [0.4, 0.5) is 0 Å². The van der Waals surface area contributed by atoms with E-state index >= 15 is 0 Å². The van der Waals surface area contributed by atoms with Gasteiger partial charge in [-0.3, -0.25) is 9.89 Å². The molecule has 0 aliphatic carbocycles. The monoisotopic (exact) mass is 401 g/mol. The minimum absolute atomic E-state index is 0.332. The second-order valence-electron chi connectivity index (χ2n) is 7.34.